The van der Waals surface area contributed by atoms with Crippen LogP contribution in [0.15, 0.2) is 40.3 Å². The van der Waals surface area contributed by atoms with Crippen LogP contribution in [0.3, 0.4) is 0 Å². The van der Waals surface area contributed by atoms with Gasteiger partial charge >= 0.3 is 0 Å². The third-order valence-corrected chi connectivity index (χ3v) is 6.92. The van der Waals surface area contributed by atoms with Gasteiger partial charge in [0.15, 0.2) is 0 Å². The van der Waals surface area contributed by atoms with Crippen molar-refractivity contribution >= 4 is 23.2 Å². The highest BCUT2D eigenvalue weighted by atomic mass is 32.1. The van der Waals surface area contributed by atoms with Crippen LogP contribution in [0, 0.1) is 5.92 Å². The normalized spacial score (nSPS) is 19.8. The molecule has 1 N–H and O–H groups in total. The van der Waals surface area contributed by atoms with Gasteiger partial charge in [0, 0.05) is 25.6 Å². The molecule has 0 saturated carbocycles. The number of nitrogens with zero attached hydrogens (tertiary/aromatic N) is 2. The van der Waals surface area contributed by atoms with Gasteiger partial charge in [-0.05, 0) is 62.4 Å². The van der Waals surface area contributed by atoms with Crippen molar-refractivity contribution in [1.82, 2.24) is 15.1 Å². The minimum absolute atomic E-state index is 0.0269. The van der Waals surface area contributed by atoms with E-state index in [1.54, 1.807) is 6.26 Å². The van der Waals surface area contributed by atoms with Crippen molar-refractivity contribution < 1.29 is 14.0 Å². The first kappa shape index (κ1) is 20.2. The minimum atomic E-state index is -0.0269. The van der Waals surface area contributed by atoms with Gasteiger partial charge in [0.2, 0.25) is 5.91 Å². The van der Waals surface area contributed by atoms with Crippen LogP contribution in [0.1, 0.15) is 53.6 Å². The fourth-order valence-corrected chi connectivity index (χ4v) is 5.05. The van der Waals surface area contributed by atoms with Crippen molar-refractivity contribution in [2.24, 2.45) is 5.92 Å². The van der Waals surface area contributed by atoms with Crippen molar-refractivity contribution in [3.63, 3.8) is 0 Å². The Bertz CT molecular complexity index is 776. The summed E-state index contributed by atoms with van der Waals surface area (Å²) in [6.07, 6.45) is 6.81. The Morgan fingerprint density at radius 1 is 1.10 bits per heavy atom. The van der Waals surface area contributed by atoms with Crippen LogP contribution in [0.25, 0.3) is 0 Å². The maximum atomic E-state index is 12.8. The number of amides is 2. The lowest BCUT2D eigenvalue weighted by Gasteiger charge is -2.34. The van der Waals surface area contributed by atoms with E-state index < -0.39 is 0 Å². The van der Waals surface area contributed by atoms with E-state index in [0.717, 1.165) is 36.6 Å². The van der Waals surface area contributed by atoms with Crippen LogP contribution in [0.5, 0.6) is 0 Å². The fraction of sp³-hybridized carbons (Fsp3) is 0.545. The summed E-state index contributed by atoms with van der Waals surface area (Å²) in [5.74, 6) is 1.08. The molecule has 2 aliphatic heterocycles. The predicted molar refractivity (Wildman–Crippen MR) is 113 cm³/mol. The Labute approximate surface area is 175 Å². The molecule has 2 saturated heterocycles. The minimum Gasteiger partial charge on any atom is -0.468 e. The second-order valence-electron chi connectivity index (χ2n) is 7.92. The van der Waals surface area contributed by atoms with Crippen LogP contribution in [0.2, 0.25) is 0 Å². The molecule has 6 nitrogen and oxygen atoms in total. The summed E-state index contributed by atoms with van der Waals surface area (Å²) in [6.45, 7) is 3.95. The topological polar surface area (TPSA) is 65.8 Å². The van der Waals surface area contributed by atoms with E-state index in [2.05, 4.69) is 10.2 Å². The summed E-state index contributed by atoms with van der Waals surface area (Å²) < 4.78 is 5.67. The van der Waals surface area contributed by atoms with E-state index in [9.17, 15) is 9.59 Å². The second kappa shape index (κ2) is 9.59. The Morgan fingerprint density at radius 3 is 2.55 bits per heavy atom. The van der Waals surface area contributed by atoms with Crippen molar-refractivity contribution in [2.45, 2.75) is 38.1 Å². The van der Waals surface area contributed by atoms with Crippen molar-refractivity contribution in [3.05, 3.63) is 46.5 Å². The first-order chi connectivity index (χ1) is 14.2. The molecule has 2 amide bonds. The zero-order valence-electron chi connectivity index (χ0n) is 16.7. The number of carbonyl (C=O) groups is 2. The molecule has 4 heterocycles. The first-order valence-electron chi connectivity index (χ1n) is 10.6. The highest BCUT2D eigenvalue weighted by molar-refractivity contribution is 7.12. The van der Waals surface area contributed by atoms with E-state index in [1.165, 1.54) is 30.6 Å². The monoisotopic (exact) mass is 415 g/mol. The summed E-state index contributed by atoms with van der Waals surface area (Å²) in [4.78, 5) is 30.3. The molecular formula is C22H29N3O3S. The number of piperidine rings is 2. The Morgan fingerprint density at radius 2 is 1.90 bits per heavy atom. The van der Waals surface area contributed by atoms with Gasteiger partial charge in [-0.3, -0.25) is 14.5 Å². The van der Waals surface area contributed by atoms with Crippen molar-refractivity contribution in [3.8, 4) is 0 Å². The molecule has 1 atom stereocenters. The van der Waals surface area contributed by atoms with E-state index in [0.29, 0.717) is 19.6 Å². The first-order valence-corrected chi connectivity index (χ1v) is 11.5. The van der Waals surface area contributed by atoms with Gasteiger partial charge in [-0.2, -0.15) is 0 Å². The summed E-state index contributed by atoms with van der Waals surface area (Å²) in [5, 5.41) is 5.09. The molecule has 29 heavy (non-hydrogen) atoms. The zero-order chi connectivity index (χ0) is 20.1. The molecule has 0 aromatic carbocycles. The molecule has 2 aromatic heterocycles. The van der Waals surface area contributed by atoms with E-state index in [4.69, 9.17) is 4.42 Å². The van der Waals surface area contributed by atoms with Gasteiger partial charge in [0.1, 0.15) is 5.76 Å². The summed E-state index contributed by atoms with van der Waals surface area (Å²) in [5.41, 5.74) is 0. The molecule has 2 aliphatic rings. The maximum absolute atomic E-state index is 12.8. The molecule has 2 aromatic rings. The van der Waals surface area contributed by atoms with Gasteiger partial charge in [-0.15, -0.1) is 11.3 Å². The average molecular weight is 416 g/mol. The number of hydrogen-bond donors (Lipinski definition) is 1. The lowest BCUT2D eigenvalue weighted by atomic mass is 9.95. The molecule has 7 heteroatoms. The average Bonchev–Trinajstić information content (AvgIpc) is 3.49. The van der Waals surface area contributed by atoms with Gasteiger partial charge in [-0.1, -0.05) is 12.5 Å². The molecule has 1 unspecified atom stereocenters. The SMILES string of the molecule is O=C(NCC(c1ccco1)N1CCCCC1)C1CCN(C(=O)c2cccs2)CC1. The summed E-state index contributed by atoms with van der Waals surface area (Å²) in [6, 6.07) is 7.76. The molecule has 156 valence electrons. The number of hydrogen-bond acceptors (Lipinski definition) is 5. The standard InChI is InChI=1S/C22H29N3O3S/c26-21(17-8-12-25(13-9-17)22(27)20-7-5-15-29-20)23-16-18(19-6-4-14-28-19)24-10-2-1-3-11-24/h4-7,14-15,17-18H,1-3,8-13,16H2,(H,23,26). The maximum Gasteiger partial charge on any atom is 0.263 e. The second-order valence-corrected chi connectivity index (χ2v) is 8.86. The summed E-state index contributed by atoms with van der Waals surface area (Å²) in [7, 11) is 0. The zero-order valence-corrected chi connectivity index (χ0v) is 17.5. The van der Waals surface area contributed by atoms with Gasteiger partial charge in [0.05, 0.1) is 17.2 Å². The third kappa shape index (κ3) is 4.90. The molecule has 4 rings (SSSR count). The highest BCUT2D eigenvalue weighted by Gasteiger charge is 2.30. The number of rotatable bonds is 6. The van der Waals surface area contributed by atoms with Crippen LogP contribution >= 0.6 is 11.3 Å². The molecule has 0 bridgehead atoms. The van der Waals surface area contributed by atoms with E-state index in [-0.39, 0.29) is 23.8 Å². The number of nitrogens with one attached hydrogen (secondary N) is 1. The van der Waals surface area contributed by atoms with Gasteiger partial charge < -0.3 is 14.6 Å². The number of likely N-dealkylation sites (tertiary alicyclic amines) is 2. The van der Waals surface area contributed by atoms with Crippen LogP contribution in [-0.4, -0.2) is 54.3 Å². The van der Waals surface area contributed by atoms with Gasteiger partial charge in [-0.25, -0.2) is 0 Å². The highest BCUT2D eigenvalue weighted by Crippen LogP contribution is 2.25. The molecule has 0 radical (unpaired) electrons. The molecule has 0 aliphatic carbocycles. The molecular weight excluding hydrogens is 386 g/mol. The Balaban J connectivity index is 1.29. The number of furan rings is 1. The number of carbonyl (C=O) groups excluding carboxylic acids is 2. The quantitative estimate of drug-likeness (QED) is 0.784. The molecule has 2 fully saturated rings. The van der Waals surface area contributed by atoms with Crippen LogP contribution < -0.4 is 5.32 Å². The Kier molecular flexibility index (Phi) is 6.67. The fourth-order valence-electron chi connectivity index (χ4n) is 4.36. The van der Waals surface area contributed by atoms with E-state index >= 15 is 0 Å². The van der Waals surface area contributed by atoms with E-state index in [1.807, 2.05) is 34.5 Å². The lowest BCUT2D eigenvalue weighted by Crippen LogP contribution is -2.45. The number of thiophene rings is 1. The largest absolute Gasteiger partial charge is 0.468 e. The van der Waals surface area contributed by atoms with Crippen LogP contribution in [-0.2, 0) is 4.79 Å². The third-order valence-electron chi connectivity index (χ3n) is 6.06. The van der Waals surface area contributed by atoms with Crippen molar-refractivity contribution in [2.75, 3.05) is 32.7 Å². The lowest BCUT2D eigenvalue weighted by molar-refractivity contribution is -0.126. The van der Waals surface area contributed by atoms with Crippen molar-refractivity contribution in [1.29, 1.82) is 0 Å². The van der Waals surface area contributed by atoms with Gasteiger partial charge in [0.25, 0.3) is 5.91 Å². The summed E-state index contributed by atoms with van der Waals surface area (Å²) >= 11 is 1.47. The smallest absolute Gasteiger partial charge is 0.263 e. The molecule has 0 spiro atoms. The Hall–Kier alpha value is -2.12. The van der Waals surface area contributed by atoms with Crippen LogP contribution in [0.4, 0.5) is 0 Å². The predicted octanol–water partition coefficient (Wildman–Crippen LogP) is 3.54.